The van der Waals surface area contributed by atoms with Crippen LogP contribution in [0.4, 0.5) is 0 Å². The van der Waals surface area contributed by atoms with Gasteiger partial charge in [0.1, 0.15) is 0 Å². The molecule has 0 aromatic rings. The summed E-state index contributed by atoms with van der Waals surface area (Å²) in [6.45, 7) is 3.08. The van der Waals surface area contributed by atoms with Crippen molar-refractivity contribution >= 4 is 5.96 Å². The summed E-state index contributed by atoms with van der Waals surface area (Å²) >= 11 is 0. The third-order valence-corrected chi connectivity index (χ3v) is 2.41. The van der Waals surface area contributed by atoms with E-state index in [4.69, 9.17) is 5.26 Å². The van der Waals surface area contributed by atoms with Crippen molar-refractivity contribution in [3.05, 3.63) is 0 Å². The number of hydrogen-bond donors (Lipinski definition) is 3. The molecule has 5 heteroatoms. The molecule has 1 aliphatic rings. The van der Waals surface area contributed by atoms with E-state index in [-0.39, 0.29) is 0 Å². The summed E-state index contributed by atoms with van der Waals surface area (Å²) in [7, 11) is 1.66. The van der Waals surface area contributed by atoms with Gasteiger partial charge < -0.3 is 10.6 Å². The Morgan fingerprint density at radius 1 is 1.57 bits per heavy atom. The lowest BCUT2D eigenvalue weighted by Gasteiger charge is -2.23. The number of piperidine rings is 1. The van der Waals surface area contributed by atoms with E-state index in [1.165, 1.54) is 12.8 Å². The fraction of sp³-hybridized carbons (Fsp3) is 0.778. The van der Waals surface area contributed by atoms with Crippen LogP contribution in [0.1, 0.15) is 12.8 Å². The van der Waals surface area contributed by atoms with Gasteiger partial charge in [0.25, 0.3) is 0 Å². The second-order valence-corrected chi connectivity index (χ2v) is 3.38. The number of nitrogens with one attached hydrogen (secondary N) is 3. The molecule has 5 nitrogen and oxygen atoms in total. The quantitative estimate of drug-likeness (QED) is 0.243. The van der Waals surface area contributed by atoms with Crippen LogP contribution in [0.2, 0.25) is 0 Å². The fourth-order valence-corrected chi connectivity index (χ4v) is 1.56. The molecule has 0 aromatic heterocycles. The van der Waals surface area contributed by atoms with Crippen molar-refractivity contribution in [1.82, 2.24) is 16.0 Å². The maximum Gasteiger partial charge on any atom is 0.204 e. The van der Waals surface area contributed by atoms with Crippen LogP contribution >= 0.6 is 0 Å². The van der Waals surface area contributed by atoms with E-state index in [1.54, 1.807) is 7.05 Å². The van der Waals surface area contributed by atoms with Crippen LogP contribution in [0.3, 0.4) is 0 Å². The Bertz CT molecular complexity index is 224. The molecule has 1 rings (SSSR count). The first-order valence-electron chi connectivity index (χ1n) is 4.93. The van der Waals surface area contributed by atoms with Crippen LogP contribution in [-0.2, 0) is 0 Å². The van der Waals surface area contributed by atoms with E-state index in [0.29, 0.717) is 11.9 Å². The Hall–Kier alpha value is -1.28. The Labute approximate surface area is 84.6 Å². The molecule has 0 atom stereocenters. The van der Waals surface area contributed by atoms with Gasteiger partial charge in [-0.15, -0.1) is 0 Å². The summed E-state index contributed by atoms with van der Waals surface area (Å²) in [5.41, 5.74) is 0. The fourth-order valence-electron chi connectivity index (χ4n) is 1.56. The maximum atomic E-state index is 8.41. The highest BCUT2D eigenvalue weighted by Crippen LogP contribution is 2.09. The Kier molecular flexibility index (Phi) is 4.79. The monoisotopic (exact) mass is 195 g/mol. The average Bonchev–Trinajstić information content (AvgIpc) is 2.25. The number of nitrogens with zero attached hydrogens (tertiary/aromatic N) is 2. The second kappa shape index (κ2) is 6.22. The van der Waals surface area contributed by atoms with Crippen LogP contribution < -0.4 is 16.0 Å². The number of guanidine groups is 1. The normalized spacial score (nSPS) is 18.7. The van der Waals surface area contributed by atoms with Gasteiger partial charge in [-0.2, -0.15) is 5.26 Å². The average molecular weight is 195 g/mol. The van der Waals surface area contributed by atoms with Gasteiger partial charge in [-0.3, -0.25) is 10.3 Å². The van der Waals surface area contributed by atoms with Gasteiger partial charge in [0.15, 0.2) is 6.19 Å². The Morgan fingerprint density at radius 3 is 2.86 bits per heavy atom. The minimum absolute atomic E-state index is 0.561. The van der Waals surface area contributed by atoms with Gasteiger partial charge in [0, 0.05) is 13.6 Å². The molecule has 1 aliphatic heterocycles. The summed E-state index contributed by atoms with van der Waals surface area (Å²) in [4.78, 5) is 3.92. The highest BCUT2D eigenvalue weighted by atomic mass is 15.2. The number of rotatable bonds is 2. The minimum Gasteiger partial charge on any atom is -0.355 e. The molecule has 1 fully saturated rings. The number of aliphatic imine (C=N–C) groups is 1. The van der Waals surface area contributed by atoms with E-state index in [9.17, 15) is 0 Å². The SMILES string of the molecule is CN=C(NC#N)NCC1CCNCC1. The first kappa shape index (κ1) is 10.8. The summed E-state index contributed by atoms with van der Waals surface area (Å²) < 4.78 is 0. The molecular weight excluding hydrogens is 178 g/mol. The standard InChI is InChI=1S/C9H17N5/c1-11-9(14-7-10)13-6-8-2-4-12-5-3-8/h8,12H,2-6H2,1H3,(H2,11,13,14). The largest absolute Gasteiger partial charge is 0.355 e. The van der Waals surface area contributed by atoms with Crippen molar-refractivity contribution < 1.29 is 0 Å². The summed E-state index contributed by atoms with van der Waals surface area (Å²) in [6.07, 6.45) is 4.23. The molecule has 1 heterocycles. The highest BCUT2D eigenvalue weighted by Gasteiger charge is 2.12. The van der Waals surface area contributed by atoms with E-state index >= 15 is 0 Å². The first-order chi connectivity index (χ1) is 6.86. The predicted octanol–water partition coefficient (Wildman–Crippen LogP) is -0.368. The molecule has 1 saturated heterocycles. The molecule has 0 amide bonds. The zero-order valence-corrected chi connectivity index (χ0v) is 8.51. The molecule has 14 heavy (non-hydrogen) atoms. The summed E-state index contributed by atoms with van der Waals surface area (Å²) in [6, 6.07) is 0. The number of nitriles is 1. The smallest absolute Gasteiger partial charge is 0.204 e. The number of hydrogen-bond acceptors (Lipinski definition) is 3. The summed E-state index contributed by atoms with van der Waals surface area (Å²) in [5.74, 6) is 1.25. The van der Waals surface area contributed by atoms with Gasteiger partial charge in [-0.25, -0.2) is 0 Å². The van der Waals surface area contributed by atoms with Crippen LogP contribution in [0.25, 0.3) is 0 Å². The maximum absolute atomic E-state index is 8.41. The molecule has 0 unspecified atom stereocenters. The molecule has 0 spiro atoms. The lowest BCUT2D eigenvalue weighted by atomic mass is 9.98. The van der Waals surface area contributed by atoms with Crippen molar-refractivity contribution in [2.24, 2.45) is 10.9 Å². The molecule has 0 saturated carbocycles. The Balaban J connectivity index is 2.21. The van der Waals surface area contributed by atoms with E-state index in [1.807, 2.05) is 6.19 Å². The molecular formula is C9H17N5. The third-order valence-electron chi connectivity index (χ3n) is 2.41. The van der Waals surface area contributed by atoms with Crippen molar-refractivity contribution in [1.29, 1.82) is 5.26 Å². The van der Waals surface area contributed by atoms with Crippen molar-refractivity contribution in [2.75, 3.05) is 26.7 Å². The van der Waals surface area contributed by atoms with Crippen LogP contribution in [0.5, 0.6) is 0 Å². The third kappa shape index (κ3) is 3.62. The van der Waals surface area contributed by atoms with Crippen molar-refractivity contribution in [3.8, 4) is 6.19 Å². The predicted molar refractivity (Wildman–Crippen MR) is 55.7 cm³/mol. The topological polar surface area (TPSA) is 72.2 Å². The minimum atomic E-state index is 0.561. The van der Waals surface area contributed by atoms with Crippen LogP contribution in [-0.4, -0.2) is 32.6 Å². The van der Waals surface area contributed by atoms with Crippen LogP contribution in [0, 0.1) is 17.4 Å². The van der Waals surface area contributed by atoms with Gasteiger partial charge in [-0.1, -0.05) is 0 Å². The molecule has 0 aromatic carbocycles. The molecule has 0 aliphatic carbocycles. The zero-order chi connectivity index (χ0) is 10.2. The Morgan fingerprint density at radius 2 is 2.29 bits per heavy atom. The van der Waals surface area contributed by atoms with Gasteiger partial charge in [-0.05, 0) is 31.8 Å². The highest BCUT2D eigenvalue weighted by molar-refractivity contribution is 5.80. The van der Waals surface area contributed by atoms with Crippen molar-refractivity contribution in [3.63, 3.8) is 0 Å². The van der Waals surface area contributed by atoms with Gasteiger partial charge in [0.2, 0.25) is 5.96 Å². The second-order valence-electron chi connectivity index (χ2n) is 3.38. The van der Waals surface area contributed by atoms with Crippen LogP contribution in [0.15, 0.2) is 4.99 Å². The first-order valence-corrected chi connectivity index (χ1v) is 4.93. The molecule has 78 valence electrons. The lowest BCUT2D eigenvalue weighted by molar-refractivity contribution is 0.371. The molecule has 0 bridgehead atoms. The lowest BCUT2D eigenvalue weighted by Crippen LogP contribution is -2.40. The molecule has 0 radical (unpaired) electrons. The summed E-state index contributed by atoms with van der Waals surface area (Å²) in [5, 5.41) is 17.4. The van der Waals surface area contributed by atoms with E-state index < -0.39 is 0 Å². The van der Waals surface area contributed by atoms with E-state index in [0.717, 1.165) is 19.6 Å². The van der Waals surface area contributed by atoms with Crippen molar-refractivity contribution in [2.45, 2.75) is 12.8 Å². The van der Waals surface area contributed by atoms with Gasteiger partial charge >= 0.3 is 0 Å². The van der Waals surface area contributed by atoms with Gasteiger partial charge in [0.05, 0.1) is 0 Å². The molecule has 3 N–H and O–H groups in total. The van der Waals surface area contributed by atoms with E-state index in [2.05, 4.69) is 20.9 Å². The zero-order valence-electron chi connectivity index (χ0n) is 8.51.